The Kier molecular flexibility index (Phi) is 3.38. The molecule has 1 spiro atoms. The molecule has 1 aromatic rings. The second-order valence-corrected chi connectivity index (χ2v) is 6.84. The second-order valence-electron chi connectivity index (χ2n) is 5.35. The molecule has 3 rings (SSSR count). The summed E-state index contributed by atoms with van der Waals surface area (Å²) >= 11 is 2.09. The Labute approximate surface area is 112 Å². The largest absolute Gasteiger partial charge is 0.378 e. The molecule has 1 aromatic heterocycles. The summed E-state index contributed by atoms with van der Waals surface area (Å²) in [6.45, 7) is 8.09. The number of likely N-dealkylation sites (tertiary alicyclic amines) is 1. The van der Waals surface area contributed by atoms with E-state index < -0.39 is 0 Å². The lowest BCUT2D eigenvalue weighted by molar-refractivity contribution is 0.0411. The van der Waals surface area contributed by atoms with E-state index in [2.05, 4.69) is 28.7 Å². The summed E-state index contributed by atoms with van der Waals surface area (Å²) < 4.78 is 11.3. The molecular formula is C13H20N2O2S. The molecule has 0 saturated carbocycles. The van der Waals surface area contributed by atoms with Crippen molar-refractivity contribution in [1.29, 1.82) is 0 Å². The maximum atomic E-state index is 5.72. The van der Waals surface area contributed by atoms with E-state index in [0.717, 1.165) is 43.4 Å². The maximum Gasteiger partial charge on any atom is 0.133 e. The summed E-state index contributed by atoms with van der Waals surface area (Å²) in [5, 5.41) is 4.05. The van der Waals surface area contributed by atoms with Crippen LogP contribution in [0.4, 0.5) is 0 Å². The predicted molar refractivity (Wildman–Crippen MR) is 71.7 cm³/mol. The van der Waals surface area contributed by atoms with Crippen molar-refractivity contribution >= 4 is 11.8 Å². The van der Waals surface area contributed by atoms with Crippen LogP contribution in [0.3, 0.4) is 0 Å². The fourth-order valence-electron chi connectivity index (χ4n) is 2.97. The molecule has 0 bridgehead atoms. The molecule has 0 radical (unpaired) electrons. The number of thioether (sulfide) groups is 1. The van der Waals surface area contributed by atoms with Gasteiger partial charge in [-0.3, -0.25) is 4.90 Å². The predicted octanol–water partition coefficient (Wildman–Crippen LogP) is 2.08. The first-order chi connectivity index (χ1) is 8.69. The fraction of sp³-hybridized carbons (Fsp3) is 0.769. The van der Waals surface area contributed by atoms with Gasteiger partial charge < -0.3 is 9.26 Å². The average Bonchev–Trinajstić information content (AvgIpc) is 2.86. The van der Waals surface area contributed by atoms with E-state index in [0.29, 0.717) is 10.9 Å². The highest BCUT2D eigenvalue weighted by molar-refractivity contribution is 8.01. The van der Waals surface area contributed by atoms with Gasteiger partial charge in [-0.05, 0) is 20.3 Å². The number of ether oxygens (including phenoxy) is 1. The van der Waals surface area contributed by atoms with Crippen LogP contribution in [0.5, 0.6) is 0 Å². The first-order valence-electron chi connectivity index (χ1n) is 6.59. The first kappa shape index (κ1) is 12.5. The molecule has 2 aliphatic rings. The minimum Gasteiger partial charge on any atom is -0.378 e. The van der Waals surface area contributed by atoms with Crippen LogP contribution in [0.25, 0.3) is 0 Å². The van der Waals surface area contributed by atoms with E-state index in [-0.39, 0.29) is 0 Å². The minimum atomic E-state index is 0.457. The standard InChI is InChI=1S/C13H20N2O2S/c1-3-16-12-5-13(18-7-12)8-15(9-13)6-11-4-10(2)17-14-11/h4,12H,3,5-9H2,1-2H3/t12-/m0/s1. The van der Waals surface area contributed by atoms with Crippen molar-refractivity contribution in [3.05, 3.63) is 17.5 Å². The number of hydrogen-bond donors (Lipinski definition) is 0. The summed E-state index contributed by atoms with van der Waals surface area (Å²) in [5.41, 5.74) is 1.05. The smallest absolute Gasteiger partial charge is 0.133 e. The molecule has 2 saturated heterocycles. The first-order valence-corrected chi connectivity index (χ1v) is 7.58. The molecule has 5 heteroatoms. The van der Waals surface area contributed by atoms with Crippen molar-refractivity contribution in [2.24, 2.45) is 0 Å². The summed E-state index contributed by atoms with van der Waals surface area (Å²) in [6.07, 6.45) is 1.68. The monoisotopic (exact) mass is 268 g/mol. The Morgan fingerprint density at radius 1 is 1.61 bits per heavy atom. The van der Waals surface area contributed by atoms with Gasteiger partial charge in [0.2, 0.25) is 0 Å². The number of rotatable bonds is 4. The maximum absolute atomic E-state index is 5.72. The van der Waals surface area contributed by atoms with E-state index in [4.69, 9.17) is 9.26 Å². The van der Waals surface area contributed by atoms with Crippen molar-refractivity contribution in [2.45, 2.75) is 37.7 Å². The van der Waals surface area contributed by atoms with Crippen LogP contribution in [0.2, 0.25) is 0 Å². The highest BCUT2D eigenvalue weighted by Crippen LogP contribution is 2.46. The van der Waals surface area contributed by atoms with Gasteiger partial charge in [0.25, 0.3) is 0 Å². The molecule has 18 heavy (non-hydrogen) atoms. The zero-order valence-electron chi connectivity index (χ0n) is 11.0. The van der Waals surface area contributed by atoms with Crippen molar-refractivity contribution in [1.82, 2.24) is 10.1 Å². The number of aryl methyl sites for hydroxylation is 1. The van der Waals surface area contributed by atoms with Gasteiger partial charge in [0.15, 0.2) is 0 Å². The van der Waals surface area contributed by atoms with Gasteiger partial charge in [-0.2, -0.15) is 0 Å². The van der Waals surface area contributed by atoms with Crippen LogP contribution in [0, 0.1) is 6.92 Å². The quantitative estimate of drug-likeness (QED) is 0.836. The van der Waals surface area contributed by atoms with Gasteiger partial charge in [-0.1, -0.05) is 5.16 Å². The SMILES string of the molecule is CCO[C@@H]1CSC2(C1)CN(Cc1cc(C)on1)C2. The molecule has 2 aliphatic heterocycles. The lowest BCUT2D eigenvalue weighted by Crippen LogP contribution is -2.58. The Balaban J connectivity index is 1.48. The van der Waals surface area contributed by atoms with Crippen LogP contribution < -0.4 is 0 Å². The Bertz CT molecular complexity index is 415. The third-order valence-electron chi connectivity index (χ3n) is 3.66. The molecule has 100 valence electrons. The zero-order valence-corrected chi connectivity index (χ0v) is 11.8. The van der Waals surface area contributed by atoms with Crippen molar-refractivity contribution in [3.63, 3.8) is 0 Å². The van der Waals surface area contributed by atoms with Crippen LogP contribution in [-0.2, 0) is 11.3 Å². The zero-order chi connectivity index (χ0) is 12.6. The minimum absolute atomic E-state index is 0.457. The number of hydrogen-bond acceptors (Lipinski definition) is 5. The molecular weight excluding hydrogens is 248 g/mol. The third-order valence-corrected chi connectivity index (χ3v) is 5.24. The molecule has 2 fully saturated rings. The van der Waals surface area contributed by atoms with Crippen molar-refractivity contribution < 1.29 is 9.26 Å². The summed E-state index contributed by atoms with van der Waals surface area (Å²) in [7, 11) is 0. The molecule has 0 unspecified atom stereocenters. The van der Waals surface area contributed by atoms with E-state index >= 15 is 0 Å². The van der Waals surface area contributed by atoms with E-state index in [1.165, 1.54) is 6.42 Å². The summed E-state index contributed by atoms with van der Waals surface area (Å²) in [4.78, 5) is 2.44. The number of aromatic nitrogens is 1. The number of nitrogens with zero attached hydrogens (tertiary/aromatic N) is 2. The second kappa shape index (κ2) is 4.87. The van der Waals surface area contributed by atoms with Crippen LogP contribution >= 0.6 is 11.8 Å². The molecule has 0 aromatic carbocycles. The molecule has 3 heterocycles. The highest BCUT2D eigenvalue weighted by atomic mass is 32.2. The van der Waals surface area contributed by atoms with Crippen LogP contribution in [-0.4, -0.2) is 46.4 Å². The van der Waals surface area contributed by atoms with E-state index in [1.54, 1.807) is 0 Å². The summed E-state index contributed by atoms with van der Waals surface area (Å²) in [5.74, 6) is 2.05. The van der Waals surface area contributed by atoms with E-state index in [9.17, 15) is 0 Å². The summed E-state index contributed by atoms with van der Waals surface area (Å²) in [6, 6.07) is 2.02. The molecule has 0 N–H and O–H groups in total. The third kappa shape index (κ3) is 2.44. The lowest BCUT2D eigenvalue weighted by atomic mass is 9.93. The Morgan fingerprint density at radius 2 is 2.44 bits per heavy atom. The van der Waals surface area contributed by atoms with Gasteiger partial charge >= 0.3 is 0 Å². The highest BCUT2D eigenvalue weighted by Gasteiger charge is 2.49. The lowest BCUT2D eigenvalue weighted by Gasteiger charge is -2.47. The van der Waals surface area contributed by atoms with Gasteiger partial charge in [0, 0.05) is 42.8 Å². The Hall–Kier alpha value is -0.520. The van der Waals surface area contributed by atoms with Crippen LogP contribution in [0.15, 0.2) is 10.6 Å². The molecule has 4 nitrogen and oxygen atoms in total. The van der Waals surface area contributed by atoms with E-state index in [1.807, 2.05) is 13.0 Å². The molecule has 0 amide bonds. The fourth-order valence-corrected chi connectivity index (χ4v) is 4.57. The van der Waals surface area contributed by atoms with Crippen LogP contribution in [0.1, 0.15) is 24.8 Å². The Morgan fingerprint density at radius 3 is 3.11 bits per heavy atom. The van der Waals surface area contributed by atoms with Gasteiger partial charge in [0.1, 0.15) is 5.76 Å². The topological polar surface area (TPSA) is 38.5 Å². The van der Waals surface area contributed by atoms with Gasteiger partial charge in [-0.25, -0.2) is 0 Å². The van der Waals surface area contributed by atoms with Gasteiger partial charge in [-0.15, -0.1) is 11.8 Å². The van der Waals surface area contributed by atoms with Crippen molar-refractivity contribution in [3.8, 4) is 0 Å². The van der Waals surface area contributed by atoms with Crippen molar-refractivity contribution in [2.75, 3.05) is 25.4 Å². The normalized spacial score (nSPS) is 26.7. The van der Waals surface area contributed by atoms with Gasteiger partial charge in [0.05, 0.1) is 11.8 Å². The molecule has 0 aliphatic carbocycles. The molecule has 1 atom stereocenters. The average molecular weight is 268 g/mol.